The lowest BCUT2D eigenvalue weighted by atomic mass is 10.2. The van der Waals surface area contributed by atoms with Crippen molar-refractivity contribution in [3.8, 4) is 28.7 Å². The first-order valence-electron chi connectivity index (χ1n) is 10.3. The summed E-state index contributed by atoms with van der Waals surface area (Å²) in [6.45, 7) is 0.155. The number of benzene rings is 3. The summed E-state index contributed by atoms with van der Waals surface area (Å²) in [7, 11) is 0. The molecule has 1 N–H and O–H groups in total. The minimum atomic E-state index is -0.861. The van der Waals surface area contributed by atoms with E-state index in [2.05, 4.69) is 42.4 Å². The van der Waals surface area contributed by atoms with Gasteiger partial charge in [-0.1, -0.05) is 28.1 Å². The number of nitrogens with zero attached hydrogens (tertiary/aromatic N) is 1. The molecule has 0 aromatic heterocycles. The van der Waals surface area contributed by atoms with E-state index in [9.17, 15) is 9.59 Å². The average molecular weight is 604 g/mol. The molecule has 5 rings (SSSR count). The second-order valence-corrected chi connectivity index (χ2v) is 9.13. The fourth-order valence-electron chi connectivity index (χ4n) is 3.35. The van der Waals surface area contributed by atoms with E-state index in [0.717, 1.165) is 0 Å². The van der Waals surface area contributed by atoms with Gasteiger partial charge in [0.1, 0.15) is 6.61 Å². The largest absolute Gasteiger partial charge is 0.485 e. The summed E-state index contributed by atoms with van der Waals surface area (Å²) in [5, 5.41) is 4.01. The van der Waals surface area contributed by atoms with Crippen LogP contribution in [0.3, 0.4) is 0 Å². The third-order valence-electron chi connectivity index (χ3n) is 5.02. The predicted molar refractivity (Wildman–Crippen MR) is 131 cm³/mol. The van der Waals surface area contributed by atoms with Gasteiger partial charge in [0.15, 0.2) is 28.7 Å². The third kappa shape index (κ3) is 5.10. The zero-order chi connectivity index (χ0) is 24.4. The highest BCUT2D eigenvalue weighted by Crippen LogP contribution is 2.35. The van der Waals surface area contributed by atoms with E-state index in [1.807, 2.05) is 6.07 Å². The summed E-state index contributed by atoms with van der Waals surface area (Å²) < 4.78 is 28.7. The van der Waals surface area contributed by atoms with Gasteiger partial charge in [-0.3, -0.25) is 4.79 Å². The maximum absolute atomic E-state index is 12.8. The van der Waals surface area contributed by atoms with Gasteiger partial charge in [0.05, 0.1) is 16.3 Å². The normalized spacial score (nSPS) is 15.7. The molecule has 0 fully saturated rings. The lowest BCUT2D eigenvalue weighted by Gasteiger charge is -2.24. The van der Waals surface area contributed by atoms with Gasteiger partial charge < -0.3 is 23.7 Å². The molecule has 0 radical (unpaired) electrons. The monoisotopic (exact) mass is 602 g/mol. The molecule has 9 nitrogen and oxygen atoms in total. The van der Waals surface area contributed by atoms with Gasteiger partial charge >= 0.3 is 5.97 Å². The molecule has 0 spiro atoms. The molecule has 35 heavy (non-hydrogen) atoms. The summed E-state index contributed by atoms with van der Waals surface area (Å²) in [5.41, 5.74) is 3.16. The summed E-state index contributed by atoms with van der Waals surface area (Å²) in [5.74, 6) is 1.23. The molecule has 1 amide bonds. The fraction of sp³-hybridized carbons (Fsp3) is 0.125. The van der Waals surface area contributed by atoms with Crippen LogP contribution in [0, 0.1) is 0 Å². The van der Waals surface area contributed by atoms with Crippen molar-refractivity contribution >= 4 is 50.0 Å². The lowest BCUT2D eigenvalue weighted by Crippen LogP contribution is -2.42. The molecule has 0 saturated carbocycles. The summed E-state index contributed by atoms with van der Waals surface area (Å²) in [6.07, 6.45) is 0.507. The summed E-state index contributed by atoms with van der Waals surface area (Å²) in [6, 6.07) is 15.3. The molecule has 2 aliphatic rings. The molecule has 0 saturated heterocycles. The number of carbonyl (C=O) groups excluding carboxylic acids is 2. The van der Waals surface area contributed by atoms with E-state index in [4.69, 9.17) is 23.7 Å². The number of fused-ring (bicyclic) bond motifs is 2. The molecule has 0 bridgehead atoms. The van der Waals surface area contributed by atoms with Gasteiger partial charge in [0, 0.05) is 10.0 Å². The van der Waals surface area contributed by atoms with Crippen molar-refractivity contribution in [2.24, 2.45) is 5.10 Å². The molecule has 2 heterocycles. The number of hydrazone groups is 1. The maximum atomic E-state index is 12.8. The van der Waals surface area contributed by atoms with Crippen LogP contribution in [0.4, 0.5) is 0 Å². The second kappa shape index (κ2) is 9.96. The average Bonchev–Trinajstić information content (AvgIpc) is 3.33. The standard InChI is InChI=1S/C24H16Br2N2O7/c25-15-7-14(10-27-28-23(29)21-11-31-17-3-1-2-4-19(17)34-21)22(16(26)9-15)35-24(30)13-5-6-18-20(8-13)33-12-32-18/h1-10,21H,11-12H2,(H,28,29)/b27-10+. The van der Waals surface area contributed by atoms with Gasteiger partial charge in [-0.2, -0.15) is 5.10 Å². The molecule has 1 atom stereocenters. The highest BCUT2D eigenvalue weighted by molar-refractivity contribution is 9.11. The quantitative estimate of drug-likeness (QED) is 0.199. The van der Waals surface area contributed by atoms with E-state index >= 15 is 0 Å². The van der Waals surface area contributed by atoms with Crippen LogP contribution in [0.15, 0.2) is 68.6 Å². The highest BCUT2D eigenvalue weighted by atomic mass is 79.9. The Morgan fingerprint density at radius 2 is 1.74 bits per heavy atom. The van der Waals surface area contributed by atoms with Crippen molar-refractivity contribution in [2.45, 2.75) is 6.10 Å². The Morgan fingerprint density at radius 3 is 2.60 bits per heavy atom. The topological polar surface area (TPSA) is 105 Å². The highest BCUT2D eigenvalue weighted by Gasteiger charge is 2.27. The van der Waals surface area contributed by atoms with Crippen LogP contribution in [0.25, 0.3) is 0 Å². The van der Waals surface area contributed by atoms with Gasteiger partial charge in [0.2, 0.25) is 12.9 Å². The first kappa shape index (κ1) is 23.2. The lowest BCUT2D eigenvalue weighted by molar-refractivity contribution is -0.130. The number of ether oxygens (including phenoxy) is 5. The zero-order valence-electron chi connectivity index (χ0n) is 17.8. The van der Waals surface area contributed by atoms with Crippen LogP contribution in [-0.2, 0) is 4.79 Å². The number of hydrogen-bond donors (Lipinski definition) is 1. The van der Waals surface area contributed by atoms with Crippen LogP contribution in [-0.4, -0.2) is 37.6 Å². The summed E-state index contributed by atoms with van der Waals surface area (Å²) >= 11 is 6.81. The third-order valence-corrected chi connectivity index (χ3v) is 6.07. The molecule has 3 aromatic carbocycles. The molecule has 0 aliphatic carbocycles. The molecular weight excluding hydrogens is 588 g/mol. The van der Waals surface area contributed by atoms with Gasteiger partial charge in [-0.15, -0.1) is 0 Å². The number of para-hydroxylation sites is 2. The number of carbonyl (C=O) groups is 2. The maximum Gasteiger partial charge on any atom is 0.343 e. The van der Waals surface area contributed by atoms with Crippen molar-refractivity contribution in [3.05, 3.63) is 74.7 Å². The van der Waals surface area contributed by atoms with E-state index in [-0.39, 0.29) is 24.7 Å². The van der Waals surface area contributed by atoms with Crippen LogP contribution >= 0.6 is 31.9 Å². The van der Waals surface area contributed by atoms with Crippen molar-refractivity contribution in [3.63, 3.8) is 0 Å². The van der Waals surface area contributed by atoms with Gasteiger partial charge in [0.25, 0.3) is 5.91 Å². The van der Waals surface area contributed by atoms with Gasteiger partial charge in [-0.25, -0.2) is 10.2 Å². The van der Waals surface area contributed by atoms with Crippen LogP contribution < -0.4 is 29.1 Å². The Balaban J connectivity index is 1.29. The Kier molecular flexibility index (Phi) is 6.60. The van der Waals surface area contributed by atoms with Crippen LogP contribution in [0.5, 0.6) is 28.7 Å². The van der Waals surface area contributed by atoms with Crippen molar-refractivity contribution in [1.82, 2.24) is 5.43 Å². The van der Waals surface area contributed by atoms with Crippen molar-refractivity contribution < 1.29 is 33.3 Å². The predicted octanol–water partition coefficient (Wildman–Crippen LogP) is 4.45. The van der Waals surface area contributed by atoms with Crippen LogP contribution in [0.2, 0.25) is 0 Å². The van der Waals surface area contributed by atoms with Crippen molar-refractivity contribution in [1.29, 1.82) is 0 Å². The first-order chi connectivity index (χ1) is 17.0. The second-order valence-electron chi connectivity index (χ2n) is 7.36. The molecule has 11 heteroatoms. The van der Waals surface area contributed by atoms with E-state index in [1.165, 1.54) is 6.21 Å². The van der Waals surface area contributed by atoms with Gasteiger partial charge in [-0.05, 0) is 58.4 Å². The summed E-state index contributed by atoms with van der Waals surface area (Å²) in [4.78, 5) is 25.3. The minimum absolute atomic E-state index is 0.0548. The minimum Gasteiger partial charge on any atom is -0.485 e. The fourth-order valence-corrected chi connectivity index (χ4v) is 4.68. The first-order valence-corrected chi connectivity index (χ1v) is 11.9. The Morgan fingerprint density at radius 1 is 0.971 bits per heavy atom. The Hall–Kier alpha value is -3.57. The van der Waals surface area contributed by atoms with Crippen molar-refractivity contribution in [2.75, 3.05) is 13.4 Å². The number of nitrogens with one attached hydrogen (secondary N) is 1. The molecule has 178 valence electrons. The molecule has 2 aliphatic heterocycles. The zero-order valence-corrected chi connectivity index (χ0v) is 21.0. The van der Waals surface area contributed by atoms with E-state index in [0.29, 0.717) is 37.5 Å². The van der Waals surface area contributed by atoms with Crippen LogP contribution in [0.1, 0.15) is 15.9 Å². The smallest absolute Gasteiger partial charge is 0.343 e. The molecule has 3 aromatic rings. The SMILES string of the molecule is O=C(Oc1c(Br)cc(Br)cc1/C=N/NC(=O)C1COc2ccccc2O1)c1ccc2c(c1)OCO2. The number of hydrogen-bond acceptors (Lipinski definition) is 8. The Labute approximate surface area is 216 Å². The number of rotatable bonds is 5. The number of halogens is 2. The molecule has 1 unspecified atom stereocenters. The van der Waals surface area contributed by atoms with E-state index in [1.54, 1.807) is 48.5 Å². The Bertz CT molecular complexity index is 1350. The number of esters is 1. The van der Waals surface area contributed by atoms with E-state index < -0.39 is 18.0 Å². The molecular formula is C24H16Br2N2O7. The number of amides is 1.